The first kappa shape index (κ1) is 32.2. The summed E-state index contributed by atoms with van der Waals surface area (Å²) in [7, 11) is 0. The van der Waals surface area contributed by atoms with Crippen molar-refractivity contribution in [3.63, 3.8) is 0 Å². The van der Waals surface area contributed by atoms with Crippen molar-refractivity contribution in [3.8, 4) is 0 Å². The van der Waals surface area contributed by atoms with E-state index in [2.05, 4.69) is 38.3 Å². The van der Waals surface area contributed by atoms with Gasteiger partial charge >= 0.3 is 5.97 Å². The highest BCUT2D eigenvalue weighted by molar-refractivity contribution is 5.97. The number of amides is 2. The zero-order chi connectivity index (χ0) is 27.6. The van der Waals surface area contributed by atoms with Crippen LogP contribution >= 0.6 is 0 Å². The molecule has 0 aromatic heterocycles. The summed E-state index contributed by atoms with van der Waals surface area (Å²) in [6, 6.07) is -1.48. The highest BCUT2D eigenvalue weighted by atomic mass is 16.5. The number of carbonyl (C=O) groups is 3. The van der Waals surface area contributed by atoms with E-state index >= 15 is 0 Å². The Kier molecular flexibility index (Phi) is 13.8. The maximum Gasteiger partial charge on any atom is 0.329 e. The number of esters is 1. The van der Waals surface area contributed by atoms with Gasteiger partial charge in [0.15, 0.2) is 0 Å². The number of allylic oxidation sites excluding steroid dienone is 1. The molecule has 1 rings (SSSR count). The van der Waals surface area contributed by atoms with Gasteiger partial charge < -0.3 is 15.4 Å². The van der Waals surface area contributed by atoms with Crippen LogP contribution in [0.25, 0.3) is 0 Å². The molecule has 0 radical (unpaired) electrons. The molecule has 36 heavy (non-hydrogen) atoms. The molecule has 0 aliphatic carbocycles. The highest BCUT2D eigenvalue weighted by Crippen LogP contribution is 2.27. The number of rotatable bonds is 3. The SMILES string of the molecule is CCC(C)[C@@H]1NC(=O)[C@H](C(C)C)NC(=O)C(C)=CC(C)CC(C)CC(C)CC(C)CCC(C)OC1=O. The lowest BCUT2D eigenvalue weighted by Crippen LogP contribution is -2.55. The minimum atomic E-state index is -0.746. The van der Waals surface area contributed by atoms with Gasteiger partial charge in [-0.3, -0.25) is 9.59 Å². The lowest BCUT2D eigenvalue weighted by atomic mass is 9.84. The van der Waals surface area contributed by atoms with Crippen molar-refractivity contribution >= 4 is 17.8 Å². The molecule has 6 unspecified atom stereocenters. The maximum absolute atomic E-state index is 13.3. The van der Waals surface area contributed by atoms with Crippen LogP contribution in [0.1, 0.15) is 108 Å². The molecule has 6 nitrogen and oxygen atoms in total. The van der Waals surface area contributed by atoms with E-state index in [9.17, 15) is 14.4 Å². The van der Waals surface area contributed by atoms with Crippen molar-refractivity contribution in [1.29, 1.82) is 0 Å². The van der Waals surface area contributed by atoms with Crippen LogP contribution in [0.3, 0.4) is 0 Å². The zero-order valence-electron chi connectivity index (χ0n) is 24.6. The fourth-order valence-corrected chi connectivity index (χ4v) is 5.44. The zero-order valence-corrected chi connectivity index (χ0v) is 24.6. The Morgan fingerprint density at radius 1 is 0.861 bits per heavy atom. The van der Waals surface area contributed by atoms with E-state index < -0.39 is 18.1 Å². The van der Waals surface area contributed by atoms with Crippen molar-refractivity contribution in [3.05, 3.63) is 11.6 Å². The Hall–Kier alpha value is -1.85. The average molecular weight is 507 g/mol. The molecule has 1 aliphatic rings. The van der Waals surface area contributed by atoms with Crippen molar-refractivity contribution in [2.75, 3.05) is 0 Å². The van der Waals surface area contributed by atoms with Crippen molar-refractivity contribution < 1.29 is 19.1 Å². The molecular formula is C30H54N2O4. The summed E-state index contributed by atoms with van der Waals surface area (Å²) in [5.41, 5.74) is 0.621. The molecule has 6 heteroatoms. The van der Waals surface area contributed by atoms with E-state index in [1.165, 1.54) is 0 Å². The van der Waals surface area contributed by atoms with Gasteiger partial charge in [0, 0.05) is 5.57 Å². The fourth-order valence-electron chi connectivity index (χ4n) is 5.44. The maximum atomic E-state index is 13.3. The summed E-state index contributed by atoms with van der Waals surface area (Å²) >= 11 is 0. The summed E-state index contributed by atoms with van der Waals surface area (Å²) in [6.45, 7) is 20.5. The van der Waals surface area contributed by atoms with Crippen molar-refractivity contribution in [2.45, 2.75) is 126 Å². The van der Waals surface area contributed by atoms with E-state index in [0.717, 1.165) is 38.5 Å². The first-order valence-corrected chi connectivity index (χ1v) is 14.2. The minimum Gasteiger partial charge on any atom is -0.461 e. The summed E-state index contributed by atoms with van der Waals surface area (Å²) in [6.07, 6.45) is 7.69. The van der Waals surface area contributed by atoms with E-state index in [1.54, 1.807) is 0 Å². The Bertz CT molecular complexity index is 747. The summed E-state index contributed by atoms with van der Waals surface area (Å²) in [4.78, 5) is 39.4. The first-order valence-electron chi connectivity index (χ1n) is 14.2. The molecule has 0 bridgehead atoms. The highest BCUT2D eigenvalue weighted by Gasteiger charge is 2.33. The second-order valence-corrected chi connectivity index (χ2v) is 12.2. The van der Waals surface area contributed by atoms with Crippen molar-refractivity contribution in [2.24, 2.45) is 35.5 Å². The summed E-state index contributed by atoms with van der Waals surface area (Å²) < 4.78 is 5.80. The molecule has 208 valence electrons. The Morgan fingerprint density at radius 2 is 1.44 bits per heavy atom. The van der Waals surface area contributed by atoms with Crippen LogP contribution in [0.5, 0.6) is 0 Å². The molecule has 0 spiro atoms. The van der Waals surface area contributed by atoms with Gasteiger partial charge in [0.25, 0.3) is 0 Å². The van der Waals surface area contributed by atoms with Crippen LogP contribution in [-0.4, -0.2) is 36.0 Å². The number of hydrogen-bond acceptors (Lipinski definition) is 4. The summed E-state index contributed by atoms with van der Waals surface area (Å²) in [5, 5.41) is 5.82. The van der Waals surface area contributed by atoms with Gasteiger partial charge in [-0.1, -0.05) is 67.9 Å². The van der Waals surface area contributed by atoms with Gasteiger partial charge in [-0.25, -0.2) is 4.79 Å². The minimum absolute atomic E-state index is 0.0840. The number of hydrogen-bond donors (Lipinski definition) is 2. The second kappa shape index (κ2) is 15.4. The number of cyclic esters (lactones) is 1. The predicted molar refractivity (Wildman–Crippen MR) is 147 cm³/mol. The lowest BCUT2D eigenvalue weighted by molar-refractivity contribution is -0.154. The first-order chi connectivity index (χ1) is 16.7. The van der Waals surface area contributed by atoms with Crippen LogP contribution in [0.15, 0.2) is 11.6 Å². The van der Waals surface area contributed by atoms with Gasteiger partial charge in [0.05, 0.1) is 6.10 Å². The van der Waals surface area contributed by atoms with Gasteiger partial charge in [0.2, 0.25) is 11.8 Å². The molecule has 0 aromatic rings. The van der Waals surface area contributed by atoms with E-state index in [0.29, 0.717) is 23.3 Å². The van der Waals surface area contributed by atoms with E-state index in [1.807, 2.05) is 47.6 Å². The largest absolute Gasteiger partial charge is 0.461 e. The van der Waals surface area contributed by atoms with Gasteiger partial charge in [-0.15, -0.1) is 0 Å². The number of carbonyl (C=O) groups excluding carboxylic acids is 3. The Morgan fingerprint density at radius 3 is 2.03 bits per heavy atom. The van der Waals surface area contributed by atoms with Crippen LogP contribution < -0.4 is 10.6 Å². The predicted octanol–water partition coefficient (Wildman–Crippen LogP) is 6.04. The van der Waals surface area contributed by atoms with Crippen LogP contribution in [-0.2, 0) is 19.1 Å². The molecule has 0 aromatic carbocycles. The van der Waals surface area contributed by atoms with Gasteiger partial charge in [0.1, 0.15) is 12.1 Å². The number of ether oxygens (including phenoxy) is 1. The molecule has 2 amide bonds. The topological polar surface area (TPSA) is 84.5 Å². The molecular weight excluding hydrogens is 452 g/mol. The Labute approximate surface area is 220 Å². The van der Waals surface area contributed by atoms with Crippen LogP contribution in [0.4, 0.5) is 0 Å². The molecule has 0 fully saturated rings. The fraction of sp³-hybridized carbons (Fsp3) is 0.833. The van der Waals surface area contributed by atoms with Crippen LogP contribution in [0.2, 0.25) is 0 Å². The third kappa shape index (κ3) is 11.0. The molecule has 0 saturated heterocycles. The molecule has 2 N–H and O–H groups in total. The monoisotopic (exact) mass is 506 g/mol. The standard InChI is InChI=1S/C30H54N2O4/c1-11-23(8)27-30(35)36-25(10)13-12-19(4)14-20(5)15-21(6)16-22(7)17-24(9)28(33)31-26(18(2)3)29(34)32-27/h17-23,25-27H,11-16H2,1-10H3,(H,31,33)(H,32,34)/t19?,20?,21?,22?,23?,25?,26-,27-/m0/s1. The molecule has 1 heterocycles. The third-order valence-corrected chi connectivity index (χ3v) is 7.66. The Balaban J connectivity index is 3.22. The van der Waals surface area contributed by atoms with Gasteiger partial charge in [-0.2, -0.15) is 0 Å². The van der Waals surface area contributed by atoms with E-state index in [-0.39, 0.29) is 35.7 Å². The number of nitrogens with one attached hydrogen (secondary N) is 2. The second-order valence-electron chi connectivity index (χ2n) is 12.2. The lowest BCUT2D eigenvalue weighted by Gasteiger charge is -2.29. The molecule has 1 aliphatic heterocycles. The van der Waals surface area contributed by atoms with E-state index in [4.69, 9.17) is 4.74 Å². The summed E-state index contributed by atoms with van der Waals surface area (Å²) in [5.74, 6) is 0.815. The normalized spacial score (nSPS) is 33.7. The van der Waals surface area contributed by atoms with Crippen LogP contribution in [0, 0.1) is 35.5 Å². The molecule has 0 saturated carbocycles. The smallest absolute Gasteiger partial charge is 0.329 e. The third-order valence-electron chi connectivity index (χ3n) is 7.66. The van der Waals surface area contributed by atoms with Gasteiger partial charge in [-0.05, 0) is 81.5 Å². The van der Waals surface area contributed by atoms with Crippen molar-refractivity contribution in [1.82, 2.24) is 10.6 Å². The molecule has 8 atom stereocenters. The average Bonchev–Trinajstić information content (AvgIpc) is 2.77. The quantitative estimate of drug-likeness (QED) is 0.457.